The minimum absolute atomic E-state index is 0.00453. The summed E-state index contributed by atoms with van der Waals surface area (Å²) >= 11 is 0. The Morgan fingerprint density at radius 1 is 0.536 bits per heavy atom. The van der Waals surface area contributed by atoms with Crippen molar-refractivity contribution in [3.63, 3.8) is 0 Å². The number of piperidine rings is 1. The average molecular weight is 395 g/mol. The molecule has 2 saturated heterocycles. The zero-order valence-electron chi connectivity index (χ0n) is 21.9. The predicted molar refractivity (Wildman–Crippen MR) is 122 cm³/mol. The van der Waals surface area contributed by atoms with Crippen LogP contribution in [0.15, 0.2) is 0 Å². The van der Waals surface area contributed by atoms with E-state index in [0.29, 0.717) is 6.04 Å². The maximum atomic E-state index is 6.80. The highest BCUT2D eigenvalue weighted by atomic mass is 16.5. The van der Waals surface area contributed by atoms with Gasteiger partial charge in [-0.05, 0) is 93.9 Å². The lowest BCUT2D eigenvalue weighted by atomic mass is 9.50. The summed E-state index contributed by atoms with van der Waals surface area (Å²) in [4.78, 5) is 2.86. The van der Waals surface area contributed by atoms with E-state index in [-0.39, 0.29) is 44.2 Å². The zero-order valence-corrected chi connectivity index (χ0v) is 21.9. The summed E-state index contributed by atoms with van der Waals surface area (Å²) in [5.74, 6) is 0. The predicted octanol–water partition coefficient (Wildman–Crippen LogP) is 6.01. The maximum absolute atomic E-state index is 6.80. The molecule has 0 saturated carbocycles. The first kappa shape index (κ1) is 24.2. The summed E-state index contributed by atoms with van der Waals surface area (Å²) in [5, 5.41) is 4.02. The standard InChI is InChI=1S/C25H50N2O/c1-18(2)17(19(3,4)21(7,8)26-20(18,5)6)27-22(9,10)24(13,14)28-25(15,16)23(27,11)12/h17,26H,1-16H3. The molecule has 3 heteroatoms. The van der Waals surface area contributed by atoms with E-state index in [1.807, 2.05) is 0 Å². The molecular formula is C25H50N2O. The topological polar surface area (TPSA) is 24.5 Å². The van der Waals surface area contributed by atoms with Crippen LogP contribution in [-0.2, 0) is 4.74 Å². The van der Waals surface area contributed by atoms with Gasteiger partial charge in [-0.3, -0.25) is 4.90 Å². The largest absolute Gasteiger partial charge is 0.366 e. The van der Waals surface area contributed by atoms with E-state index in [1.54, 1.807) is 0 Å². The van der Waals surface area contributed by atoms with Crippen molar-refractivity contribution in [2.45, 2.75) is 150 Å². The van der Waals surface area contributed by atoms with E-state index in [0.717, 1.165) is 0 Å². The van der Waals surface area contributed by atoms with Gasteiger partial charge in [0, 0.05) is 28.2 Å². The normalized spacial score (nSPS) is 34.7. The third kappa shape index (κ3) is 2.78. The van der Waals surface area contributed by atoms with Gasteiger partial charge in [0.05, 0.1) is 11.2 Å². The van der Waals surface area contributed by atoms with Gasteiger partial charge in [0.2, 0.25) is 0 Å². The van der Waals surface area contributed by atoms with Crippen LogP contribution in [0.4, 0.5) is 0 Å². The Balaban J connectivity index is 2.88. The van der Waals surface area contributed by atoms with Crippen LogP contribution in [0.25, 0.3) is 0 Å². The Morgan fingerprint density at radius 3 is 1.11 bits per heavy atom. The molecule has 0 bridgehead atoms. The first-order valence-corrected chi connectivity index (χ1v) is 11.2. The van der Waals surface area contributed by atoms with Crippen molar-refractivity contribution in [2.75, 3.05) is 0 Å². The van der Waals surface area contributed by atoms with Gasteiger partial charge in [0.25, 0.3) is 0 Å². The Morgan fingerprint density at radius 2 is 0.821 bits per heavy atom. The second-order valence-corrected chi connectivity index (χ2v) is 13.8. The van der Waals surface area contributed by atoms with Gasteiger partial charge in [0.1, 0.15) is 0 Å². The fourth-order valence-corrected chi connectivity index (χ4v) is 6.15. The van der Waals surface area contributed by atoms with Crippen molar-refractivity contribution in [1.82, 2.24) is 10.2 Å². The third-order valence-corrected chi connectivity index (χ3v) is 10.1. The van der Waals surface area contributed by atoms with Gasteiger partial charge >= 0.3 is 0 Å². The van der Waals surface area contributed by atoms with Crippen LogP contribution < -0.4 is 5.32 Å². The highest BCUT2D eigenvalue weighted by Gasteiger charge is 2.70. The number of hydrogen-bond donors (Lipinski definition) is 1. The van der Waals surface area contributed by atoms with Gasteiger partial charge in [-0.25, -0.2) is 0 Å². The quantitative estimate of drug-likeness (QED) is 0.589. The van der Waals surface area contributed by atoms with Crippen molar-refractivity contribution < 1.29 is 4.74 Å². The minimum atomic E-state index is -0.267. The molecule has 0 aromatic heterocycles. The van der Waals surface area contributed by atoms with Gasteiger partial charge in [-0.1, -0.05) is 27.7 Å². The van der Waals surface area contributed by atoms with Crippen LogP contribution in [-0.4, -0.2) is 44.3 Å². The molecule has 1 N–H and O–H groups in total. The van der Waals surface area contributed by atoms with Crippen molar-refractivity contribution in [2.24, 2.45) is 10.8 Å². The van der Waals surface area contributed by atoms with Crippen LogP contribution in [0.1, 0.15) is 111 Å². The summed E-state index contributed by atoms with van der Waals surface area (Å²) in [7, 11) is 0. The number of rotatable bonds is 1. The lowest BCUT2D eigenvalue weighted by Gasteiger charge is -2.75. The minimum Gasteiger partial charge on any atom is -0.366 e. The van der Waals surface area contributed by atoms with Crippen molar-refractivity contribution in [3.05, 3.63) is 0 Å². The molecule has 2 aliphatic rings. The van der Waals surface area contributed by atoms with Gasteiger partial charge in [-0.2, -0.15) is 0 Å². The van der Waals surface area contributed by atoms with Crippen molar-refractivity contribution in [1.29, 1.82) is 0 Å². The summed E-state index contributed by atoms with van der Waals surface area (Å²) < 4.78 is 6.80. The van der Waals surface area contributed by atoms with E-state index in [9.17, 15) is 0 Å². The molecule has 0 atom stereocenters. The fraction of sp³-hybridized carbons (Fsp3) is 1.00. The van der Waals surface area contributed by atoms with Crippen molar-refractivity contribution >= 4 is 0 Å². The third-order valence-electron chi connectivity index (χ3n) is 10.1. The summed E-state index contributed by atoms with van der Waals surface area (Å²) in [6, 6.07) is 0.360. The Bertz CT molecular complexity index is 527. The first-order chi connectivity index (χ1) is 11.9. The van der Waals surface area contributed by atoms with E-state index >= 15 is 0 Å². The Hall–Kier alpha value is -0.120. The van der Waals surface area contributed by atoms with E-state index in [4.69, 9.17) is 4.74 Å². The SMILES string of the molecule is CC1(C)NC(C)(C)C(C)(C)C(N2C(C)(C)C(C)(C)OC(C)(C)C2(C)C)C1(C)C. The molecule has 2 rings (SSSR count). The molecule has 0 spiro atoms. The summed E-state index contributed by atoms with van der Waals surface area (Å²) in [6.45, 7) is 38.0. The van der Waals surface area contributed by atoms with Gasteiger partial charge in [0.15, 0.2) is 0 Å². The van der Waals surface area contributed by atoms with Gasteiger partial charge in [-0.15, -0.1) is 0 Å². The van der Waals surface area contributed by atoms with Crippen LogP contribution in [0.3, 0.4) is 0 Å². The molecule has 0 aromatic carbocycles. The Kier molecular flexibility index (Phi) is 4.97. The van der Waals surface area contributed by atoms with Crippen LogP contribution in [0.2, 0.25) is 0 Å². The highest BCUT2D eigenvalue weighted by Crippen LogP contribution is 2.60. The number of ether oxygens (including phenoxy) is 1. The molecule has 166 valence electrons. The van der Waals surface area contributed by atoms with E-state index < -0.39 is 0 Å². The molecule has 0 radical (unpaired) electrons. The van der Waals surface area contributed by atoms with E-state index in [1.165, 1.54) is 0 Å². The first-order valence-electron chi connectivity index (χ1n) is 11.2. The number of nitrogens with one attached hydrogen (secondary N) is 1. The van der Waals surface area contributed by atoms with E-state index in [2.05, 4.69) is 121 Å². The summed E-state index contributed by atoms with van der Waals surface area (Å²) in [5.41, 5.74) is -0.711. The molecule has 2 heterocycles. The Labute approximate surface area is 176 Å². The highest BCUT2D eigenvalue weighted by molar-refractivity contribution is 5.24. The molecule has 0 aliphatic carbocycles. The molecule has 28 heavy (non-hydrogen) atoms. The molecule has 0 aromatic rings. The maximum Gasteiger partial charge on any atom is 0.0812 e. The lowest BCUT2D eigenvalue weighted by Crippen LogP contribution is -2.87. The zero-order chi connectivity index (χ0) is 22.6. The second kappa shape index (κ2) is 5.77. The second-order valence-electron chi connectivity index (χ2n) is 13.8. The van der Waals surface area contributed by atoms with Crippen LogP contribution >= 0.6 is 0 Å². The molecule has 3 nitrogen and oxygen atoms in total. The van der Waals surface area contributed by atoms with Gasteiger partial charge < -0.3 is 10.1 Å². The monoisotopic (exact) mass is 394 g/mol. The molecular weight excluding hydrogens is 344 g/mol. The number of hydrogen-bond acceptors (Lipinski definition) is 3. The number of nitrogens with zero attached hydrogens (tertiary/aromatic N) is 1. The lowest BCUT2D eigenvalue weighted by molar-refractivity contribution is -0.326. The van der Waals surface area contributed by atoms with Crippen LogP contribution in [0.5, 0.6) is 0 Å². The molecule has 0 unspecified atom stereocenters. The molecule has 2 fully saturated rings. The fourth-order valence-electron chi connectivity index (χ4n) is 6.15. The number of morpholine rings is 1. The molecule has 2 aliphatic heterocycles. The van der Waals surface area contributed by atoms with Crippen LogP contribution in [0, 0.1) is 10.8 Å². The smallest absolute Gasteiger partial charge is 0.0812 e. The average Bonchev–Trinajstić information content (AvgIpc) is 2.38. The van der Waals surface area contributed by atoms with Crippen molar-refractivity contribution in [3.8, 4) is 0 Å². The summed E-state index contributed by atoms with van der Waals surface area (Å²) in [6.07, 6.45) is 0. The molecule has 0 amide bonds.